The van der Waals surface area contributed by atoms with Crippen LogP contribution in [-0.4, -0.2) is 32.6 Å². The van der Waals surface area contributed by atoms with Gasteiger partial charge in [0.2, 0.25) is 5.13 Å². The first-order chi connectivity index (χ1) is 13.5. The number of para-hydroxylation sites is 1. The summed E-state index contributed by atoms with van der Waals surface area (Å²) in [6, 6.07) is 14.0. The van der Waals surface area contributed by atoms with E-state index in [0.717, 1.165) is 10.2 Å². The highest BCUT2D eigenvalue weighted by Crippen LogP contribution is 2.25. The Balaban J connectivity index is 1.54. The number of carbonyl (C=O) groups is 1. The summed E-state index contributed by atoms with van der Waals surface area (Å²) in [5, 5.41) is 4.89. The fourth-order valence-corrected chi connectivity index (χ4v) is 3.83. The normalized spacial score (nSPS) is 11.3. The molecule has 2 heterocycles. The minimum Gasteiger partial charge on any atom is -0.337 e. The van der Waals surface area contributed by atoms with E-state index in [0.29, 0.717) is 16.3 Å². The SMILES string of the molecule is CN(Cc1ccccc1C(F)F)C(=O)c1cnn(-c2nc3ccccc3s2)c1. The summed E-state index contributed by atoms with van der Waals surface area (Å²) in [4.78, 5) is 18.6. The van der Waals surface area contributed by atoms with Crippen LogP contribution in [0.25, 0.3) is 15.3 Å². The standard InChI is InChI=1S/C20H16F2N4OS/c1-25(11-13-6-2-3-7-15(13)18(21)22)19(27)14-10-23-26(12-14)20-24-16-8-4-5-9-17(16)28-20/h2-10,12,18H,11H2,1H3. The molecule has 0 radical (unpaired) electrons. The van der Waals surface area contributed by atoms with Gasteiger partial charge in [0, 0.05) is 25.4 Å². The molecule has 0 aliphatic carbocycles. The molecule has 0 atom stereocenters. The number of aromatic nitrogens is 3. The van der Waals surface area contributed by atoms with Crippen molar-refractivity contribution in [2.45, 2.75) is 13.0 Å². The van der Waals surface area contributed by atoms with Crippen LogP contribution >= 0.6 is 11.3 Å². The molecule has 0 unspecified atom stereocenters. The second-order valence-corrected chi connectivity index (χ2v) is 7.31. The molecule has 1 amide bonds. The minimum atomic E-state index is -2.58. The first kappa shape index (κ1) is 18.2. The molecule has 0 saturated heterocycles. The van der Waals surface area contributed by atoms with E-state index in [2.05, 4.69) is 10.1 Å². The highest BCUT2D eigenvalue weighted by atomic mass is 32.1. The van der Waals surface area contributed by atoms with Gasteiger partial charge in [0.25, 0.3) is 12.3 Å². The van der Waals surface area contributed by atoms with Crippen molar-refractivity contribution in [1.29, 1.82) is 0 Å². The number of alkyl halides is 2. The van der Waals surface area contributed by atoms with Crippen LogP contribution in [0.2, 0.25) is 0 Å². The van der Waals surface area contributed by atoms with Crippen LogP contribution < -0.4 is 0 Å². The van der Waals surface area contributed by atoms with Gasteiger partial charge in [-0.1, -0.05) is 47.7 Å². The molecule has 0 N–H and O–H groups in total. The Morgan fingerprint density at radius 1 is 1.18 bits per heavy atom. The minimum absolute atomic E-state index is 0.0627. The number of nitrogens with zero attached hydrogens (tertiary/aromatic N) is 4. The van der Waals surface area contributed by atoms with Crippen LogP contribution in [0.5, 0.6) is 0 Å². The van der Waals surface area contributed by atoms with Gasteiger partial charge < -0.3 is 4.90 Å². The maximum absolute atomic E-state index is 13.2. The Bertz CT molecular complexity index is 1100. The fourth-order valence-electron chi connectivity index (χ4n) is 2.93. The van der Waals surface area contributed by atoms with Crippen LogP contribution in [0.15, 0.2) is 60.9 Å². The smallest absolute Gasteiger partial charge is 0.264 e. The first-order valence-electron chi connectivity index (χ1n) is 8.55. The lowest BCUT2D eigenvalue weighted by atomic mass is 10.1. The number of rotatable bonds is 5. The molecule has 0 fully saturated rings. The van der Waals surface area contributed by atoms with Gasteiger partial charge in [-0.3, -0.25) is 4.79 Å². The van der Waals surface area contributed by atoms with Crippen molar-refractivity contribution in [3.8, 4) is 5.13 Å². The summed E-state index contributed by atoms with van der Waals surface area (Å²) in [7, 11) is 1.58. The van der Waals surface area contributed by atoms with Crippen molar-refractivity contribution < 1.29 is 13.6 Å². The Kier molecular flexibility index (Phi) is 4.87. The lowest BCUT2D eigenvalue weighted by Crippen LogP contribution is -2.26. The van der Waals surface area contributed by atoms with Crippen molar-refractivity contribution >= 4 is 27.5 Å². The van der Waals surface area contributed by atoms with Gasteiger partial charge in [0.15, 0.2) is 0 Å². The number of benzene rings is 2. The van der Waals surface area contributed by atoms with E-state index >= 15 is 0 Å². The molecule has 5 nitrogen and oxygen atoms in total. The van der Waals surface area contributed by atoms with Crippen molar-refractivity contribution in [2.75, 3.05) is 7.05 Å². The Labute approximate surface area is 163 Å². The topological polar surface area (TPSA) is 51.0 Å². The summed E-state index contributed by atoms with van der Waals surface area (Å²) in [6.07, 6.45) is 0.487. The van der Waals surface area contributed by atoms with Gasteiger partial charge >= 0.3 is 0 Å². The maximum Gasteiger partial charge on any atom is 0.264 e. The largest absolute Gasteiger partial charge is 0.337 e. The summed E-state index contributed by atoms with van der Waals surface area (Å²) in [5.74, 6) is -0.295. The molecule has 2 aromatic carbocycles. The molecule has 28 heavy (non-hydrogen) atoms. The molecule has 142 valence electrons. The summed E-state index contributed by atoms with van der Waals surface area (Å²) < 4.78 is 28.9. The van der Waals surface area contributed by atoms with Crippen molar-refractivity contribution in [2.24, 2.45) is 0 Å². The monoisotopic (exact) mass is 398 g/mol. The van der Waals surface area contributed by atoms with Crippen LogP contribution in [0.3, 0.4) is 0 Å². The summed E-state index contributed by atoms with van der Waals surface area (Å²) >= 11 is 1.47. The van der Waals surface area contributed by atoms with Crippen molar-refractivity contribution in [3.63, 3.8) is 0 Å². The van der Waals surface area contributed by atoms with E-state index < -0.39 is 6.43 Å². The molecule has 4 rings (SSSR count). The molecule has 8 heteroatoms. The molecule has 0 spiro atoms. The Morgan fingerprint density at radius 3 is 2.71 bits per heavy atom. The molecular formula is C20H16F2N4OS. The van der Waals surface area contributed by atoms with E-state index in [1.165, 1.54) is 28.5 Å². The van der Waals surface area contributed by atoms with Gasteiger partial charge in [-0.2, -0.15) is 5.10 Å². The number of carbonyl (C=O) groups excluding carboxylic acids is 1. The molecular weight excluding hydrogens is 382 g/mol. The zero-order chi connectivity index (χ0) is 19.7. The van der Waals surface area contributed by atoms with E-state index in [9.17, 15) is 13.6 Å². The number of thiazole rings is 1. The summed E-state index contributed by atoms with van der Waals surface area (Å²) in [5.41, 5.74) is 1.60. The van der Waals surface area contributed by atoms with Crippen molar-refractivity contribution in [3.05, 3.63) is 77.6 Å². The van der Waals surface area contributed by atoms with E-state index in [1.54, 1.807) is 36.1 Å². The predicted octanol–water partition coefficient (Wildman–Crippen LogP) is 4.69. The van der Waals surface area contributed by atoms with E-state index in [4.69, 9.17) is 0 Å². The highest BCUT2D eigenvalue weighted by molar-refractivity contribution is 7.20. The average molecular weight is 398 g/mol. The first-order valence-corrected chi connectivity index (χ1v) is 9.36. The second kappa shape index (κ2) is 7.47. The fraction of sp³-hybridized carbons (Fsp3) is 0.150. The number of halogens is 2. The molecule has 0 saturated carbocycles. The predicted molar refractivity (Wildman–Crippen MR) is 104 cm³/mol. The number of hydrogen-bond donors (Lipinski definition) is 0. The second-order valence-electron chi connectivity index (χ2n) is 6.30. The third-order valence-corrected chi connectivity index (χ3v) is 5.38. The third kappa shape index (κ3) is 3.50. The van der Waals surface area contributed by atoms with Crippen LogP contribution in [0.1, 0.15) is 27.9 Å². The van der Waals surface area contributed by atoms with Crippen LogP contribution in [-0.2, 0) is 6.54 Å². The zero-order valence-electron chi connectivity index (χ0n) is 14.9. The Hall–Kier alpha value is -3.13. The van der Waals surface area contributed by atoms with Gasteiger partial charge in [-0.15, -0.1) is 0 Å². The highest BCUT2D eigenvalue weighted by Gasteiger charge is 2.19. The van der Waals surface area contributed by atoms with Crippen LogP contribution in [0, 0.1) is 0 Å². The number of hydrogen-bond acceptors (Lipinski definition) is 4. The third-order valence-electron chi connectivity index (χ3n) is 4.35. The summed E-state index contributed by atoms with van der Waals surface area (Å²) in [6.45, 7) is 0.0890. The average Bonchev–Trinajstić information content (AvgIpc) is 3.34. The van der Waals surface area contributed by atoms with E-state index in [-0.39, 0.29) is 18.0 Å². The zero-order valence-corrected chi connectivity index (χ0v) is 15.7. The van der Waals surface area contributed by atoms with E-state index in [1.807, 2.05) is 24.3 Å². The lowest BCUT2D eigenvalue weighted by Gasteiger charge is -2.18. The molecule has 0 aliphatic rings. The van der Waals surface area contributed by atoms with Gasteiger partial charge in [-0.05, 0) is 17.7 Å². The van der Waals surface area contributed by atoms with Gasteiger partial charge in [0.1, 0.15) is 0 Å². The molecule has 2 aromatic heterocycles. The van der Waals surface area contributed by atoms with Crippen molar-refractivity contribution in [1.82, 2.24) is 19.7 Å². The van der Waals surface area contributed by atoms with Gasteiger partial charge in [-0.25, -0.2) is 18.4 Å². The van der Waals surface area contributed by atoms with Crippen LogP contribution in [0.4, 0.5) is 8.78 Å². The maximum atomic E-state index is 13.2. The van der Waals surface area contributed by atoms with Gasteiger partial charge in [0.05, 0.1) is 22.0 Å². The number of amides is 1. The quantitative estimate of drug-likeness (QED) is 0.490. The Morgan fingerprint density at radius 2 is 1.93 bits per heavy atom. The number of fused-ring (bicyclic) bond motifs is 1. The molecule has 0 bridgehead atoms. The lowest BCUT2D eigenvalue weighted by molar-refractivity contribution is 0.0781. The molecule has 0 aliphatic heterocycles. The molecule has 4 aromatic rings.